The molecule has 12 heteroatoms. The minimum atomic E-state index is -6.23. The van der Waals surface area contributed by atoms with Crippen LogP contribution in [0, 0.1) is 0 Å². The second kappa shape index (κ2) is 10.3. The maximum atomic E-state index is 13.5. The number of carbonyl (C=O) groups is 1. The van der Waals surface area contributed by atoms with Crippen molar-refractivity contribution in [2.75, 3.05) is 16.6 Å². The highest BCUT2D eigenvalue weighted by atomic mass is 32.2. The largest absolute Gasteiger partial charge is 0.453 e. The van der Waals surface area contributed by atoms with Crippen LogP contribution in [0.5, 0.6) is 0 Å². The van der Waals surface area contributed by atoms with Crippen LogP contribution in [0.25, 0.3) is 0 Å². The van der Waals surface area contributed by atoms with Crippen molar-refractivity contribution in [3.05, 3.63) is 12.2 Å². The lowest BCUT2D eigenvalue weighted by Crippen LogP contribution is -2.43. The molecule has 0 aromatic rings. The minimum Gasteiger partial charge on any atom is -0.295 e. The molecule has 0 aliphatic carbocycles. The number of halogens is 9. The zero-order chi connectivity index (χ0) is 21.5. The molecular weight excluding hydrogens is 431 g/mol. The zero-order valence-corrected chi connectivity index (χ0v) is 15.9. The zero-order valence-electron chi connectivity index (χ0n) is 14.3. The van der Waals surface area contributed by atoms with Crippen LogP contribution in [0.15, 0.2) is 12.2 Å². The molecule has 0 fully saturated rings. The van der Waals surface area contributed by atoms with Crippen molar-refractivity contribution in [2.24, 2.45) is 0 Å². The molecule has 0 atom stereocenters. The van der Waals surface area contributed by atoms with Gasteiger partial charge < -0.3 is 0 Å². The van der Waals surface area contributed by atoms with E-state index in [2.05, 4.69) is 6.58 Å². The van der Waals surface area contributed by atoms with Crippen molar-refractivity contribution in [3.8, 4) is 0 Å². The van der Waals surface area contributed by atoms with Crippen LogP contribution in [0.1, 0.15) is 32.6 Å². The summed E-state index contributed by atoms with van der Waals surface area (Å²) in [5, 5.41) is 0.294. The van der Waals surface area contributed by atoms with Gasteiger partial charge in [0.1, 0.15) is 0 Å². The van der Waals surface area contributed by atoms with E-state index in [1.54, 1.807) is 6.92 Å². The lowest BCUT2D eigenvalue weighted by Gasteiger charge is -2.27. The smallest absolute Gasteiger partial charge is 0.295 e. The summed E-state index contributed by atoms with van der Waals surface area (Å²) < 4.78 is 115. The molecule has 0 heterocycles. The van der Waals surface area contributed by atoms with E-state index < -0.39 is 43.2 Å². The molecule has 27 heavy (non-hydrogen) atoms. The number of hydrogen-bond acceptors (Lipinski definition) is 3. The normalized spacial score (nSPS) is 13.7. The molecule has 0 aromatic heterocycles. The first-order chi connectivity index (χ1) is 12.0. The average molecular weight is 450 g/mol. The van der Waals surface area contributed by atoms with E-state index in [0.29, 0.717) is 16.4 Å². The fraction of sp³-hybridized carbons (Fsp3) is 0.800. The number of Topliss-reactive ketones (excluding diaryl/α,β-unsaturated/α-hetero) is 1. The van der Waals surface area contributed by atoms with Crippen LogP contribution in [0.4, 0.5) is 39.5 Å². The quantitative estimate of drug-likeness (QED) is 0.137. The lowest BCUT2D eigenvalue weighted by atomic mass is 10.0. The molecule has 0 rings (SSSR count). The van der Waals surface area contributed by atoms with Gasteiger partial charge >= 0.3 is 12.1 Å². The summed E-state index contributed by atoms with van der Waals surface area (Å²) in [4.78, 5) is 11.2. The summed E-state index contributed by atoms with van der Waals surface area (Å²) in [6.07, 6.45) is -12.5. The SMILES string of the molecule is C=C(C)C(=O)CCSCSCCC(F)(F)CC(F)(F)CC(F)(F)C(F)(F)F. The molecule has 0 saturated heterocycles. The number of allylic oxidation sites excluding steroid dienone is 1. The van der Waals surface area contributed by atoms with Gasteiger partial charge in [0.15, 0.2) is 5.78 Å². The summed E-state index contributed by atoms with van der Waals surface area (Å²) in [5.41, 5.74) is 0.389. The monoisotopic (exact) mass is 450 g/mol. The summed E-state index contributed by atoms with van der Waals surface area (Å²) >= 11 is 2.22. The van der Waals surface area contributed by atoms with Gasteiger partial charge in [0.2, 0.25) is 0 Å². The molecular formula is C15H19F9OS2. The summed E-state index contributed by atoms with van der Waals surface area (Å²) in [5.74, 6) is -14.7. The highest BCUT2D eigenvalue weighted by Gasteiger charge is 2.62. The molecule has 1 nitrogen and oxygen atoms in total. The maximum Gasteiger partial charge on any atom is 0.453 e. The Hall–Kier alpha value is -0.520. The first-order valence-corrected chi connectivity index (χ1v) is 9.84. The number of hydrogen-bond donors (Lipinski definition) is 0. The van der Waals surface area contributed by atoms with Gasteiger partial charge in [-0.25, -0.2) is 17.6 Å². The number of alkyl halides is 9. The maximum absolute atomic E-state index is 13.5. The van der Waals surface area contributed by atoms with E-state index in [1.165, 1.54) is 11.8 Å². The molecule has 0 bridgehead atoms. The van der Waals surface area contributed by atoms with E-state index >= 15 is 0 Å². The third-order valence-electron chi connectivity index (χ3n) is 3.14. The van der Waals surface area contributed by atoms with Gasteiger partial charge in [0.25, 0.3) is 11.8 Å². The Morgan fingerprint density at radius 2 is 1.37 bits per heavy atom. The minimum absolute atomic E-state index is 0.142. The molecule has 0 aliphatic heterocycles. The Bertz CT molecular complexity index is 504. The van der Waals surface area contributed by atoms with E-state index in [0.717, 1.165) is 11.8 Å². The van der Waals surface area contributed by atoms with Gasteiger partial charge in [-0.2, -0.15) is 45.5 Å². The van der Waals surface area contributed by atoms with Crippen LogP contribution in [-0.2, 0) is 4.79 Å². The molecule has 0 unspecified atom stereocenters. The molecule has 0 saturated carbocycles. The molecule has 0 aliphatic rings. The Kier molecular flexibility index (Phi) is 10.1. The Labute approximate surface area is 159 Å². The van der Waals surface area contributed by atoms with Gasteiger partial charge in [-0.15, -0.1) is 0 Å². The fourth-order valence-electron chi connectivity index (χ4n) is 1.73. The van der Waals surface area contributed by atoms with Gasteiger partial charge in [-0.1, -0.05) is 6.58 Å². The average Bonchev–Trinajstić information content (AvgIpc) is 2.41. The first-order valence-electron chi connectivity index (χ1n) is 7.53. The van der Waals surface area contributed by atoms with Crippen LogP contribution in [0.2, 0.25) is 0 Å². The molecule has 0 aromatic carbocycles. The lowest BCUT2D eigenvalue weighted by molar-refractivity contribution is -0.303. The number of rotatable bonds is 13. The predicted octanol–water partition coefficient (Wildman–Crippen LogP) is 6.58. The van der Waals surface area contributed by atoms with Crippen LogP contribution in [0.3, 0.4) is 0 Å². The summed E-state index contributed by atoms with van der Waals surface area (Å²) in [6, 6.07) is 0. The highest BCUT2D eigenvalue weighted by molar-refractivity contribution is 8.15. The molecule has 0 radical (unpaired) electrons. The van der Waals surface area contributed by atoms with E-state index in [-0.39, 0.29) is 18.0 Å². The summed E-state index contributed by atoms with van der Waals surface area (Å²) in [7, 11) is 0. The van der Waals surface area contributed by atoms with Gasteiger partial charge in [0.05, 0.1) is 12.8 Å². The molecule has 0 spiro atoms. The third kappa shape index (κ3) is 11.2. The number of carbonyl (C=O) groups excluding carboxylic acids is 1. The standard InChI is InChI=1S/C15H19F9OS2/c1-10(2)11(25)3-5-26-9-27-6-4-12(16,17)7-13(18,19)8-14(20,21)15(22,23)24/h1,3-9H2,2H3. The summed E-state index contributed by atoms with van der Waals surface area (Å²) in [6.45, 7) is 5.00. The van der Waals surface area contributed by atoms with E-state index in [9.17, 15) is 44.3 Å². The Morgan fingerprint density at radius 1 is 0.852 bits per heavy atom. The number of thioether (sulfide) groups is 2. The van der Waals surface area contributed by atoms with Gasteiger partial charge in [-0.05, 0) is 18.2 Å². The molecule has 0 amide bonds. The molecule has 160 valence electrons. The van der Waals surface area contributed by atoms with Gasteiger partial charge in [0, 0.05) is 23.7 Å². The second-order valence-corrected chi connectivity index (χ2v) is 8.48. The topological polar surface area (TPSA) is 17.1 Å². The van der Waals surface area contributed by atoms with E-state index in [4.69, 9.17) is 0 Å². The van der Waals surface area contributed by atoms with E-state index in [1.807, 2.05) is 0 Å². The number of ketones is 1. The van der Waals surface area contributed by atoms with Crippen LogP contribution in [-0.4, -0.2) is 46.3 Å². The van der Waals surface area contributed by atoms with Gasteiger partial charge in [-0.3, -0.25) is 4.79 Å². The van der Waals surface area contributed by atoms with Crippen molar-refractivity contribution in [2.45, 2.75) is 56.6 Å². The fourth-order valence-corrected chi connectivity index (χ4v) is 3.92. The Morgan fingerprint density at radius 3 is 1.85 bits per heavy atom. The second-order valence-electron chi connectivity index (χ2n) is 5.91. The first kappa shape index (κ1) is 26.5. The van der Waals surface area contributed by atoms with Crippen molar-refractivity contribution in [1.82, 2.24) is 0 Å². The van der Waals surface area contributed by atoms with Crippen molar-refractivity contribution in [3.63, 3.8) is 0 Å². The molecule has 0 N–H and O–H groups in total. The van der Waals surface area contributed by atoms with Crippen LogP contribution >= 0.6 is 23.5 Å². The Balaban J connectivity index is 4.25. The van der Waals surface area contributed by atoms with Crippen molar-refractivity contribution < 1.29 is 44.3 Å². The van der Waals surface area contributed by atoms with Crippen LogP contribution < -0.4 is 0 Å². The third-order valence-corrected chi connectivity index (χ3v) is 5.46. The van der Waals surface area contributed by atoms with Crippen molar-refractivity contribution >= 4 is 29.3 Å². The highest BCUT2D eigenvalue weighted by Crippen LogP contribution is 2.46. The predicted molar refractivity (Wildman–Crippen MR) is 89.0 cm³/mol. The van der Waals surface area contributed by atoms with Crippen molar-refractivity contribution in [1.29, 1.82) is 0 Å².